The molecule has 0 aliphatic carbocycles. The zero-order valence-electron chi connectivity index (χ0n) is 15.5. The normalized spacial score (nSPS) is 10.6. The number of hydrogen-bond donors (Lipinski definition) is 2. The molecule has 0 saturated heterocycles. The fourth-order valence-electron chi connectivity index (χ4n) is 2.72. The van der Waals surface area contributed by atoms with Gasteiger partial charge in [-0.25, -0.2) is 4.98 Å². The number of aromatic amines is 1. The summed E-state index contributed by atoms with van der Waals surface area (Å²) in [6, 6.07) is 9.47. The van der Waals surface area contributed by atoms with Gasteiger partial charge in [0.05, 0.1) is 13.3 Å². The van der Waals surface area contributed by atoms with Crippen LogP contribution in [0, 0.1) is 0 Å². The highest BCUT2D eigenvalue weighted by Crippen LogP contribution is 2.24. The van der Waals surface area contributed by atoms with Crippen LogP contribution in [0.1, 0.15) is 12.5 Å². The number of ether oxygens (including phenoxy) is 3. The highest BCUT2D eigenvalue weighted by Gasteiger charge is 2.06. The summed E-state index contributed by atoms with van der Waals surface area (Å²) >= 11 is 0. The molecule has 0 radical (unpaired) electrons. The first-order chi connectivity index (χ1) is 13.2. The van der Waals surface area contributed by atoms with Crippen LogP contribution in [0.3, 0.4) is 0 Å². The van der Waals surface area contributed by atoms with Crippen molar-refractivity contribution < 1.29 is 19.0 Å². The van der Waals surface area contributed by atoms with Crippen LogP contribution in [-0.2, 0) is 11.2 Å². The Morgan fingerprint density at radius 1 is 1.15 bits per heavy atom. The summed E-state index contributed by atoms with van der Waals surface area (Å²) < 4.78 is 16.4. The second kappa shape index (κ2) is 8.93. The van der Waals surface area contributed by atoms with Gasteiger partial charge in [-0.3, -0.25) is 4.79 Å². The number of fused-ring (bicyclic) bond motifs is 1. The van der Waals surface area contributed by atoms with Crippen molar-refractivity contribution in [1.82, 2.24) is 15.3 Å². The first-order valence-electron chi connectivity index (χ1n) is 8.76. The Balaban J connectivity index is 1.52. The Kier molecular flexibility index (Phi) is 6.14. The Hall–Kier alpha value is -3.22. The summed E-state index contributed by atoms with van der Waals surface area (Å²) in [6.45, 7) is 2.96. The van der Waals surface area contributed by atoms with Crippen molar-refractivity contribution in [1.29, 1.82) is 0 Å². The Labute approximate surface area is 157 Å². The van der Waals surface area contributed by atoms with Crippen LogP contribution in [0.2, 0.25) is 0 Å². The van der Waals surface area contributed by atoms with Crippen molar-refractivity contribution in [3.63, 3.8) is 0 Å². The zero-order valence-corrected chi connectivity index (χ0v) is 15.5. The molecular formula is C20H23N3O4. The van der Waals surface area contributed by atoms with Gasteiger partial charge in [0, 0.05) is 36.6 Å². The monoisotopic (exact) mass is 369 g/mol. The maximum atomic E-state index is 11.0. The number of nitrogens with zero attached hydrogens (tertiary/aromatic N) is 1. The Morgan fingerprint density at radius 2 is 1.93 bits per heavy atom. The highest BCUT2D eigenvalue weighted by atomic mass is 16.5. The van der Waals surface area contributed by atoms with Gasteiger partial charge < -0.3 is 24.5 Å². The molecule has 0 bridgehead atoms. The number of H-pyrrole nitrogens is 1. The van der Waals surface area contributed by atoms with Gasteiger partial charge in [-0.05, 0) is 36.2 Å². The van der Waals surface area contributed by atoms with Crippen LogP contribution in [0.4, 0.5) is 0 Å². The molecule has 0 unspecified atom stereocenters. The van der Waals surface area contributed by atoms with Gasteiger partial charge in [-0.2, -0.15) is 0 Å². The average Bonchev–Trinajstić information content (AvgIpc) is 3.08. The molecule has 7 nitrogen and oxygen atoms in total. The molecule has 0 aliphatic rings. The summed E-state index contributed by atoms with van der Waals surface area (Å²) in [6.07, 6.45) is 4.35. The number of carbonyl (C=O) groups excluding carboxylic acids is 1. The minimum absolute atomic E-state index is 0.0223. The second-order valence-electron chi connectivity index (χ2n) is 5.99. The molecule has 1 amide bonds. The van der Waals surface area contributed by atoms with Gasteiger partial charge >= 0.3 is 0 Å². The first-order valence-corrected chi connectivity index (χ1v) is 8.76. The van der Waals surface area contributed by atoms with E-state index >= 15 is 0 Å². The molecule has 27 heavy (non-hydrogen) atoms. The molecule has 0 spiro atoms. The zero-order chi connectivity index (χ0) is 19.1. The second-order valence-corrected chi connectivity index (χ2v) is 5.99. The van der Waals surface area contributed by atoms with Crippen molar-refractivity contribution in [2.24, 2.45) is 0 Å². The molecule has 0 aliphatic heterocycles. The van der Waals surface area contributed by atoms with Gasteiger partial charge in [-0.15, -0.1) is 0 Å². The molecule has 0 saturated carbocycles. The van der Waals surface area contributed by atoms with Crippen LogP contribution in [0.15, 0.2) is 42.7 Å². The Bertz CT molecular complexity index is 890. The third-order valence-corrected chi connectivity index (χ3v) is 4.05. The third kappa shape index (κ3) is 5.13. The van der Waals surface area contributed by atoms with Crippen molar-refractivity contribution in [2.45, 2.75) is 13.3 Å². The van der Waals surface area contributed by atoms with Gasteiger partial charge in [0.2, 0.25) is 11.8 Å². The lowest BCUT2D eigenvalue weighted by molar-refractivity contribution is -0.118. The lowest BCUT2D eigenvalue weighted by atomic mass is 10.1. The first kappa shape index (κ1) is 18.6. The van der Waals surface area contributed by atoms with E-state index in [-0.39, 0.29) is 5.91 Å². The van der Waals surface area contributed by atoms with Crippen molar-refractivity contribution >= 4 is 16.8 Å². The van der Waals surface area contributed by atoms with E-state index in [1.54, 1.807) is 25.4 Å². The van der Waals surface area contributed by atoms with Crippen LogP contribution in [0.5, 0.6) is 17.4 Å². The van der Waals surface area contributed by atoms with Crippen molar-refractivity contribution in [3.8, 4) is 17.4 Å². The van der Waals surface area contributed by atoms with E-state index in [2.05, 4.69) is 15.3 Å². The number of nitrogens with one attached hydrogen (secondary N) is 2. The van der Waals surface area contributed by atoms with Crippen LogP contribution < -0.4 is 19.5 Å². The fourth-order valence-corrected chi connectivity index (χ4v) is 2.72. The molecule has 0 atom stereocenters. The number of carbonyl (C=O) groups is 1. The lowest BCUT2D eigenvalue weighted by Gasteiger charge is -2.09. The number of amides is 1. The molecule has 3 aromatic rings. The van der Waals surface area contributed by atoms with Gasteiger partial charge in [-0.1, -0.05) is 0 Å². The topological polar surface area (TPSA) is 85.5 Å². The van der Waals surface area contributed by atoms with E-state index in [1.807, 2.05) is 24.4 Å². The van der Waals surface area contributed by atoms with E-state index in [9.17, 15) is 4.79 Å². The third-order valence-electron chi connectivity index (χ3n) is 4.05. The van der Waals surface area contributed by atoms with Gasteiger partial charge in [0.25, 0.3) is 0 Å². The highest BCUT2D eigenvalue weighted by molar-refractivity contribution is 5.84. The maximum Gasteiger partial charge on any atom is 0.216 e. The molecule has 1 aromatic carbocycles. The van der Waals surface area contributed by atoms with Gasteiger partial charge in [0.15, 0.2) is 0 Å². The average molecular weight is 369 g/mol. The number of hydrogen-bond acceptors (Lipinski definition) is 5. The summed E-state index contributed by atoms with van der Waals surface area (Å²) in [4.78, 5) is 18.3. The van der Waals surface area contributed by atoms with E-state index < -0.39 is 0 Å². The predicted molar refractivity (Wildman–Crippen MR) is 102 cm³/mol. The number of benzene rings is 1. The SMILES string of the molecule is COc1ccc(OCCOc2ccc3[nH]cc(CCNC(C)=O)c3c2)cn1. The van der Waals surface area contributed by atoms with Crippen molar-refractivity contribution in [3.05, 3.63) is 48.3 Å². The maximum absolute atomic E-state index is 11.0. The summed E-state index contributed by atoms with van der Waals surface area (Å²) in [5, 5.41) is 3.91. The van der Waals surface area contributed by atoms with E-state index in [1.165, 1.54) is 6.92 Å². The lowest BCUT2D eigenvalue weighted by Crippen LogP contribution is -2.22. The quantitative estimate of drug-likeness (QED) is 0.567. The molecule has 2 aromatic heterocycles. The van der Waals surface area contributed by atoms with Crippen LogP contribution >= 0.6 is 0 Å². The predicted octanol–water partition coefficient (Wildman–Crippen LogP) is 2.71. The number of aromatic nitrogens is 2. The molecule has 2 N–H and O–H groups in total. The molecule has 3 rings (SSSR count). The van der Waals surface area contributed by atoms with E-state index in [0.717, 1.165) is 28.6 Å². The fraction of sp³-hybridized carbons (Fsp3) is 0.300. The number of methoxy groups -OCH3 is 1. The summed E-state index contributed by atoms with van der Waals surface area (Å²) in [7, 11) is 1.57. The number of rotatable bonds is 9. The van der Waals surface area contributed by atoms with E-state index in [4.69, 9.17) is 14.2 Å². The smallest absolute Gasteiger partial charge is 0.216 e. The molecule has 7 heteroatoms. The molecule has 142 valence electrons. The minimum Gasteiger partial charge on any atom is -0.490 e. The molecule has 0 fully saturated rings. The van der Waals surface area contributed by atoms with Crippen molar-refractivity contribution in [2.75, 3.05) is 26.9 Å². The standard InChI is InChI=1S/C20H23N3O4/c1-14(24)21-8-7-15-12-22-19-5-3-16(11-18(15)19)26-9-10-27-17-4-6-20(25-2)23-13-17/h3-6,11-13,22H,7-10H2,1-2H3,(H,21,24). The molecule has 2 heterocycles. The van der Waals surface area contributed by atoms with Crippen LogP contribution in [-0.4, -0.2) is 42.7 Å². The van der Waals surface area contributed by atoms with Crippen LogP contribution in [0.25, 0.3) is 10.9 Å². The number of pyridine rings is 1. The minimum atomic E-state index is -0.0223. The summed E-state index contributed by atoms with van der Waals surface area (Å²) in [5.41, 5.74) is 2.19. The van der Waals surface area contributed by atoms with Gasteiger partial charge in [0.1, 0.15) is 24.7 Å². The molecular weight excluding hydrogens is 346 g/mol. The Morgan fingerprint density at radius 3 is 2.63 bits per heavy atom. The summed E-state index contributed by atoms with van der Waals surface area (Å²) in [5.74, 6) is 1.97. The largest absolute Gasteiger partial charge is 0.490 e. The van der Waals surface area contributed by atoms with E-state index in [0.29, 0.717) is 31.4 Å².